The number of ether oxygens (including phenoxy) is 1. The van der Waals surface area contributed by atoms with Crippen LogP contribution in [0.2, 0.25) is 0 Å². The molecule has 0 unspecified atom stereocenters. The molecular weight excluding hydrogens is 300 g/mol. The molecule has 0 aliphatic carbocycles. The number of carbonyl (C=O) groups excluding carboxylic acids is 1. The molecule has 0 aliphatic rings. The van der Waals surface area contributed by atoms with Crippen molar-refractivity contribution in [2.24, 2.45) is 0 Å². The molecule has 0 saturated heterocycles. The Hall–Kier alpha value is -1.24. The van der Waals surface area contributed by atoms with Gasteiger partial charge in [0, 0.05) is 11.0 Å². The quantitative estimate of drug-likeness (QED) is 0.686. The Labute approximate surface area is 104 Å². The maximum atomic E-state index is 12.5. The second kappa shape index (κ2) is 5.90. The summed E-state index contributed by atoms with van der Waals surface area (Å²) in [4.78, 5) is 25.0. The molecule has 4 nitrogen and oxygen atoms in total. The second-order valence-corrected chi connectivity index (χ2v) is 3.66. The minimum absolute atomic E-state index is 0.0568. The number of hydrogen-bond acceptors (Lipinski definition) is 3. The van der Waals surface area contributed by atoms with Crippen LogP contribution in [-0.4, -0.2) is 17.6 Å². The summed E-state index contributed by atoms with van der Waals surface area (Å²) in [5, 5.41) is 0.167. The van der Waals surface area contributed by atoms with Crippen LogP contribution >= 0.6 is 15.9 Å². The number of halogens is 3. The lowest BCUT2D eigenvalue weighted by atomic mass is 10.1. The van der Waals surface area contributed by atoms with Gasteiger partial charge in [-0.25, -0.2) is 13.6 Å². The highest BCUT2D eigenvalue weighted by Gasteiger charge is 2.20. The maximum Gasteiger partial charge on any atom is 0.339 e. The molecule has 0 radical (unpaired) electrons. The predicted molar refractivity (Wildman–Crippen MR) is 60.6 cm³/mol. The van der Waals surface area contributed by atoms with Gasteiger partial charge in [-0.05, 0) is 13.0 Å². The molecule has 17 heavy (non-hydrogen) atoms. The van der Waals surface area contributed by atoms with Gasteiger partial charge in [-0.15, -0.1) is 0 Å². The first-order chi connectivity index (χ1) is 8.01. The zero-order chi connectivity index (χ0) is 13.0. The summed E-state index contributed by atoms with van der Waals surface area (Å²) in [6, 6.07) is 0.873. The van der Waals surface area contributed by atoms with Gasteiger partial charge in [-0.2, -0.15) is 0 Å². The second-order valence-electron chi connectivity index (χ2n) is 3.10. The largest absolute Gasteiger partial charge is 0.462 e. The fraction of sp³-hybridized carbons (Fsp3) is 0.400. The molecule has 0 bridgehead atoms. The predicted octanol–water partition coefficient (Wildman–Crippen LogP) is 2.38. The molecule has 0 atom stereocenters. The van der Waals surface area contributed by atoms with Crippen LogP contribution in [0, 0.1) is 0 Å². The SMILES string of the molecule is CCOC(=O)c1cc(C(F)F)c(=O)[nH]c1CBr. The fourth-order valence-corrected chi connectivity index (χ4v) is 1.69. The summed E-state index contributed by atoms with van der Waals surface area (Å²) < 4.78 is 29.7. The number of aromatic nitrogens is 1. The molecule has 0 amide bonds. The highest BCUT2D eigenvalue weighted by atomic mass is 79.9. The van der Waals surface area contributed by atoms with Crippen LogP contribution in [0.15, 0.2) is 10.9 Å². The Balaban J connectivity index is 3.31. The molecule has 0 fully saturated rings. The maximum absolute atomic E-state index is 12.5. The zero-order valence-corrected chi connectivity index (χ0v) is 10.5. The standard InChI is InChI=1S/C10H10BrF2NO3/c1-2-17-10(16)5-3-6(8(12)13)9(15)14-7(5)4-11/h3,8H,2,4H2,1H3,(H,14,15). The third-order valence-corrected chi connectivity index (χ3v) is 2.58. The number of H-pyrrole nitrogens is 1. The monoisotopic (exact) mass is 309 g/mol. The van der Waals surface area contributed by atoms with E-state index in [0.29, 0.717) is 0 Å². The van der Waals surface area contributed by atoms with E-state index < -0.39 is 23.5 Å². The van der Waals surface area contributed by atoms with E-state index in [1.807, 2.05) is 0 Å². The van der Waals surface area contributed by atoms with E-state index >= 15 is 0 Å². The van der Waals surface area contributed by atoms with Crippen LogP contribution in [0.5, 0.6) is 0 Å². The van der Waals surface area contributed by atoms with Crippen LogP contribution in [0.25, 0.3) is 0 Å². The molecule has 1 heterocycles. The highest BCUT2D eigenvalue weighted by Crippen LogP contribution is 2.18. The number of alkyl halides is 3. The van der Waals surface area contributed by atoms with Gasteiger partial charge in [0.1, 0.15) is 0 Å². The van der Waals surface area contributed by atoms with Crippen molar-refractivity contribution >= 4 is 21.9 Å². The van der Waals surface area contributed by atoms with E-state index in [-0.39, 0.29) is 23.2 Å². The highest BCUT2D eigenvalue weighted by molar-refractivity contribution is 9.08. The molecule has 1 rings (SSSR count). The Morgan fingerprint density at radius 1 is 1.59 bits per heavy atom. The zero-order valence-electron chi connectivity index (χ0n) is 8.93. The van der Waals surface area contributed by atoms with E-state index in [9.17, 15) is 18.4 Å². The number of rotatable bonds is 4. The Morgan fingerprint density at radius 3 is 2.71 bits per heavy atom. The van der Waals surface area contributed by atoms with Gasteiger partial charge in [0.2, 0.25) is 0 Å². The molecule has 94 valence electrons. The minimum atomic E-state index is -2.93. The Bertz CT molecular complexity index is 473. The molecule has 1 N–H and O–H groups in total. The fourth-order valence-electron chi connectivity index (χ4n) is 1.24. The number of nitrogens with one attached hydrogen (secondary N) is 1. The Morgan fingerprint density at radius 2 is 2.24 bits per heavy atom. The minimum Gasteiger partial charge on any atom is -0.462 e. The summed E-state index contributed by atoms with van der Waals surface area (Å²) in [6.45, 7) is 1.73. The normalized spacial score (nSPS) is 10.6. The Kier molecular flexibility index (Phi) is 4.80. The molecule has 0 saturated carbocycles. The topological polar surface area (TPSA) is 59.2 Å². The van der Waals surface area contributed by atoms with Gasteiger partial charge in [0.05, 0.1) is 17.7 Å². The van der Waals surface area contributed by atoms with Crippen molar-refractivity contribution in [3.63, 3.8) is 0 Å². The summed E-state index contributed by atoms with van der Waals surface area (Å²) in [7, 11) is 0. The smallest absolute Gasteiger partial charge is 0.339 e. The van der Waals surface area contributed by atoms with Gasteiger partial charge < -0.3 is 9.72 Å². The van der Waals surface area contributed by atoms with Crippen LogP contribution in [0.1, 0.15) is 35.0 Å². The number of aromatic amines is 1. The lowest BCUT2D eigenvalue weighted by Crippen LogP contribution is -2.19. The van der Waals surface area contributed by atoms with Crippen molar-refractivity contribution in [2.45, 2.75) is 18.7 Å². The first kappa shape index (κ1) is 13.8. The summed E-state index contributed by atoms with van der Waals surface area (Å²) in [5.74, 6) is -0.736. The van der Waals surface area contributed by atoms with Gasteiger partial charge in [-0.3, -0.25) is 4.79 Å². The van der Waals surface area contributed by atoms with E-state index in [0.717, 1.165) is 6.07 Å². The van der Waals surface area contributed by atoms with Crippen LogP contribution in [-0.2, 0) is 10.1 Å². The van der Waals surface area contributed by atoms with Crippen molar-refractivity contribution in [3.8, 4) is 0 Å². The van der Waals surface area contributed by atoms with Crippen LogP contribution in [0.3, 0.4) is 0 Å². The van der Waals surface area contributed by atoms with Gasteiger partial charge in [-0.1, -0.05) is 15.9 Å². The third-order valence-electron chi connectivity index (χ3n) is 2.02. The van der Waals surface area contributed by atoms with E-state index in [4.69, 9.17) is 4.74 Å². The number of carbonyl (C=O) groups is 1. The van der Waals surface area contributed by atoms with Crippen molar-refractivity contribution in [2.75, 3.05) is 6.61 Å². The van der Waals surface area contributed by atoms with Crippen molar-refractivity contribution < 1.29 is 18.3 Å². The van der Waals surface area contributed by atoms with Crippen molar-refractivity contribution in [3.05, 3.63) is 33.2 Å². The molecule has 0 aliphatic heterocycles. The number of esters is 1. The van der Waals surface area contributed by atoms with Gasteiger partial charge in [0.25, 0.3) is 12.0 Å². The average molecular weight is 310 g/mol. The summed E-state index contributed by atoms with van der Waals surface area (Å²) >= 11 is 3.06. The van der Waals surface area contributed by atoms with E-state index in [1.165, 1.54) is 0 Å². The van der Waals surface area contributed by atoms with Gasteiger partial charge >= 0.3 is 5.97 Å². The molecule has 0 spiro atoms. The molecule has 1 aromatic heterocycles. The van der Waals surface area contributed by atoms with Crippen molar-refractivity contribution in [1.82, 2.24) is 4.98 Å². The molecular formula is C10H10BrF2NO3. The summed E-state index contributed by atoms with van der Waals surface area (Å²) in [6.07, 6.45) is -2.93. The lowest BCUT2D eigenvalue weighted by molar-refractivity contribution is 0.0524. The average Bonchev–Trinajstić information content (AvgIpc) is 2.28. The van der Waals surface area contributed by atoms with Crippen molar-refractivity contribution in [1.29, 1.82) is 0 Å². The third kappa shape index (κ3) is 3.12. The van der Waals surface area contributed by atoms with Crippen LogP contribution in [0.4, 0.5) is 8.78 Å². The number of hydrogen-bond donors (Lipinski definition) is 1. The summed E-state index contributed by atoms with van der Waals surface area (Å²) in [5.41, 5.74) is -1.48. The molecule has 1 aromatic rings. The molecule has 0 aromatic carbocycles. The first-order valence-electron chi connectivity index (χ1n) is 4.78. The molecule has 7 heteroatoms. The lowest BCUT2D eigenvalue weighted by Gasteiger charge is -2.08. The first-order valence-corrected chi connectivity index (χ1v) is 5.90. The van der Waals surface area contributed by atoms with E-state index in [2.05, 4.69) is 20.9 Å². The van der Waals surface area contributed by atoms with Gasteiger partial charge in [0.15, 0.2) is 0 Å². The number of pyridine rings is 1. The van der Waals surface area contributed by atoms with Crippen LogP contribution < -0.4 is 5.56 Å². The van der Waals surface area contributed by atoms with E-state index in [1.54, 1.807) is 6.92 Å².